The van der Waals surface area contributed by atoms with Gasteiger partial charge in [-0.15, -0.1) is 0 Å². The molecule has 4 nitrogen and oxygen atoms in total. The minimum atomic E-state index is -3.38. The molecule has 1 fully saturated rings. The number of hydrogen-bond acceptors (Lipinski definition) is 3. The molecule has 16 heavy (non-hydrogen) atoms. The van der Waals surface area contributed by atoms with Crippen LogP contribution in [0.4, 0.5) is 0 Å². The van der Waals surface area contributed by atoms with Gasteiger partial charge in [0, 0.05) is 19.3 Å². The SMILES string of the molecule is O=S(=O)(c1ccnc(Cl)c1)N1CCCCC1. The topological polar surface area (TPSA) is 50.3 Å². The van der Waals surface area contributed by atoms with Gasteiger partial charge in [-0.1, -0.05) is 18.0 Å². The average Bonchev–Trinajstić information content (AvgIpc) is 2.30. The number of halogens is 1. The maximum Gasteiger partial charge on any atom is 0.243 e. The molecule has 0 saturated carbocycles. The first-order valence-electron chi connectivity index (χ1n) is 5.22. The predicted octanol–water partition coefficient (Wildman–Crippen LogP) is 1.91. The van der Waals surface area contributed by atoms with E-state index in [1.54, 1.807) is 0 Å². The zero-order chi connectivity index (χ0) is 11.6. The van der Waals surface area contributed by atoms with E-state index in [9.17, 15) is 8.42 Å². The Labute approximate surface area is 100 Å². The maximum absolute atomic E-state index is 12.2. The van der Waals surface area contributed by atoms with Crippen molar-refractivity contribution in [3.8, 4) is 0 Å². The second-order valence-electron chi connectivity index (χ2n) is 3.78. The van der Waals surface area contributed by atoms with Crippen molar-refractivity contribution in [3.63, 3.8) is 0 Å². The van der Waals surface area contributed by atoms with Gasteiger partial charge in [-0.3, -0.25) is 0 Å². The van der Waals surface area contributed by atoms with Crippen LogP contribution >= 0.6 is 11.6 Å². The van der Waals surface area contributed by atoms with Crippen molar-refractivity contribution < 1.29 is 8.42 Å². The lowest BCUT2D eigenvalue weighted by atomic mass is 10.2. The number of piperidine rings is 1. The lowest BCUT2D eigenvalue weighted by Gasteiger charge is -2.25. The normalized spacial score (nSPS) is 18.6. The van der Waals surface area contributed by atoms with Crippen LogP contribution in [0.5, 0.6) is 0 Å². The maximum atomic E-state index is 12.2. The zero-order valence-corrected chi connectivity index (χ0v) is 10.3. The number of hydrogen-bond donors (Lipinski definition) is 0. The van der Waals surface area contributed by atoms with Crippen LogP contribution in [0.1, 0.15) is 19.3 Å². The third kappa shape index (κ3) is 2.36. The standard InChI is InChI=1S/C10H13ClN2O2S/c11-10-8-9(4-5-12-10)16(14,15)13-6-2-1-3-7-13/h4-5,8H,1-3,6-7H2. The van der Waals surface area contributed by atoms with Crippen LogP contribution in [0.3, 0.4) is 0 Å². The Morgan fingerprint density at radius 2 is 1.94 bits per heavy atom. The van der Waals surface area contributed by atoms with E-state index in [4.69, 9.17) is 11.6 Å². The number of sulfonamides is 1. The fraction of sp³-hybridized carbons (Fsp3) is 0.500. The molecular formula is C10H13ClN2O2S. The first-order chi connectivity index (χ1) is 7.60. The molecular weight excluding hydrogens is 248 g/mol. The fourth-order valence-corrected chi connectivity index (χ4v) is 3.57. The Hall–Kier alpha value is -0.650. The van der Waals surface area contributed by atoms with Gasteiger partial charge in [0.25, 0.3) is 0 Å². The van der Waals surface area contributed by atoms with E-state index in [2.05, 4.69) is 4.98 Å². The first kappa shape index (κ1) is 11.8. The van der Waals surface area contributed by atoms with Gasteiger partial charge >= 0.3 is 0 Å². The third-order valence-corrected chi connectivity index (χ3v) is 4.75. The third-order valence-electron chi connectivity index (χ3n) is 2.65. The Balaban J connectivity index is 2.30. The van der Waals surface area contributed by atoms with Gasteiger partial charge in [-0.25, -0.2) is 13.4 Å². The van der Waals surface area contributed by atoms with Crippen molar-refractivity contribution in [2.24, 2.45) is 0 Å². The Kier molecular flexibility index (Phi) is 3.47. The highest BCUT2D eigenvalue weighted by molar-refractivity contribution is 7.89. The van der Waals surface area contributed by atoms with Crippen molar-refractivity contribution in [2.45, 2.75) is 24.2 Å². The lowest BCUT2D eigenvalue weighted by Crippen LogP contribution is -2.35. The van der Waals surface area contributed by atoms with Crippen LogP contribution in [0, 0.1) is 0 Å². The molecule has 1 aliphatic rings. The molecule has 0 unspecified atom stereocenters. The molecule has 0 atom stereocenters. The molecule has 0 bridgehead atoms. The molecule has 0 aromatic carbocycles. The minimum absolute atomic E-state index is 0.207. The van der Waals surface area contributed by atoms with Crippen molar-refractivity contribution in [3.05, 3.63) is 23.5 Å². The van der Waals surface area contributed by atoms with Crippen LogP contribution in [0.2, 0.25) is 5.15 Å². The summed E-state index contributed by atoms with van der Waals surface area (Å²) in [6.07, 6.45) is 4.37. The molecule has 0 N–H and O–H groups in total. The van der Waals surface area contributed by atoms with Crippen LogP contribution in [0.15, 0.2) is 23.2 Å². The van der Waals surface area contributed by atoms with Crippen LogP contribution in [-0.2, 0) is 10.0 Å². The molecule has 88 valence electrons. The van der Waals surface area contributed by atoms with E-state index < -0.39 is 10.0 Å². The van der Waals surface area contributed by atoms with Gasteiger partial charge < -0.3 is 0 Å². The van der Waals surface area contributed by atoms with E-state index in [1.165, 1.54) is 22.6 Å². The minimum Gasteiger partial charge on any atom is -0.244 e. The van der Waals surface area contributed by atoms with Crippen LogP contribution in [-0.4, -0.2) is 30.8 Å². The van der Waals surface area contributed by atoms with Crippen molar-refractivity contribution >= 4 is 21.6 Å². The summed E-state index contributed by atoms with van der Waals surface area (Å²) in [6, 6.07) is 2.88. The number of pyridine rings is 1. The smallest absolute Gasteiger partial charge is 0.243 e. The lowest BCUT2D eigenvalue weighted by molar-refractivity contribution is 0.346. The van der Waals surface area contributed by atoms with E-state index in [1.807, 2.05) is 0 Å². The van der Waals surface area contributed by atoms with E-state index >= 15 is 0 Å². The summed E-state index contributed by atoms with van der Waals surface area (Å²) in [6.45, 7) is 1.20. The highest BCUT2D eigenvalue weighted by atomic mass is 35.5. The number of aromatic nitrogens is 1. The van der Waals surface area contributed by atoms with Gasteiger partial charge in [0.1, 0.15) is 5.15 Å². The molecule has 2 heterocycles. The van der Waals surface area contributed by atoms with Crippen molar-refractivity contribution in [2.75, 3.05) is 13.1 Å². The Bertz CT molecular complexity index is 469. The summed E-state index contributed by atoms with van der Waals surface area (Å²) in [7, 11) is -3.38. The Morgan fingerprint density at radius 1 is 1.25 bits per heavy atom. The predicted molar refractivity (Wildman–Crippen MR) is 61.9 cm³/mol. The molecule has 1 aliphatic heterocycles. The summed E-state index contributed by atoms with van der Waals surface area (Å²) in [5.74, 6) is 0. The molecule has 1 saturated heterocycles. The van der Waals surface area contributed by atoms with Crippen molar-refractivity contribution in [1.82, 2.24) is 9.29 Å². The van der Waals surface area contributed by atoms with Gasteiger partial charge in [-0.2, -0.15) is 4.31 Å². The molecule has 1 aromatic rings. The summed E-state index contributed by atoms with van der Waals surface area (Å²) >= 11 is 5.70. The quantitative estimate of drug-likeness (QED) is 0.764. The Morgan fingerprint density at radius 3 is 2.56 bits per heavy atom. The van der Waals surface area contributed by atoms with Crippen molar-refractivity contribution in [1.29, 1.82) is 0 Å². The van der Waals surface area contributed by atoms with Gasteiger partial charge in [0.05, 0.1) is 4.90 Å². The summed E-state index contributed by atoms with van der Waals surface area (Å²) < 4.78 is 25.9. The molecule has 6 heteroatoms. The molecule has 0 aliphatic carbocycles. The van der Waals surface area contributed by atoms with Gasteiger partial charge in [0.2, 0.25) is 10.0 Å². The highest BCUT2D eigenvalue weighted by Crippen LogP contribution is 2.21. The summed E-state index contributed by atoms with van der Waals surface area (Å²) in [4.78, 5) is 4.01. The average molecular weight is 261 g/mol. The second-order valence-corrected chi connectivity index (χ2v) is 6.10. The van der Waals surface area contributed by atoms with E-state index in [-0.39, 0.29) is 10.0 Å². The first-order valence-corrected chi connectivity index (χ1v) is 7.04. The molecule has 1 aromatic heterocycles. The molecule has 0 spiro atoms. The monoisotopic (exact) mass is 260 g/mol. The van der Waals surface area contributed by atoms with Crippen LogP contribution in [0.25, 0.3) is 0 Å². The highest BCUT2D eigenvalue weighted by Gasteiger charge is 2.25. The number of rotatable bonds is 2. The largest absolute Gasteiger partial charge is 0.244 e. The van der Waals surface area contributed by atoms with E-state index in [0.717, 1.165) is 19.3 Å². The molecule has 0 amide bonds. The summed E-state index contributed by atoms with van der Waals surface area (Å²) in [5.41, 5.74) is 0. The molecule has 0 radical (unpaired) electrons. The molecule has 2 rings (SSSR count). The zero-order valence-electron chi connectivity index (χ0n) is 8.76. The van der Waals surface area contributed by atoms with Gasteiger partial charge in [0.15, 0.2) is 0 Å². The second kappa shape index (κ2) is 4.69. The fourth-order valence-electron chi connectivity index (χ4n) is 1.80. The van der Waals surface area contributed by atoms with Crippen LogP contribution < -0.4 is 0 Å². The number of nitrogens with zero attached hydrogens (tertiary/aromatic N) is 2. The van der Waals surface area contributed by atoms with E-state index in [0.29, 0.717) is 13.1 Å². The summed E-state index contributed by atoms with van der Waals surface area (Å²) in [5, 5.41) is 0.207. The van der Waals surface area contributed by atoms with Gasteiger partial charge in [-0.05, 0) is 25.0 Å².